The lowest BCUT2D eigenvalue weighted by Gasteiger charge is -2.25. The number of carbonyl (C=O) groups is 2. The van der Waals surface area contributed by atoms with Gasteiger partial charge in [-0.2, -0.15) is 13.2 Å². The molecule has 2 N–H and O–H groups in total. The smallest absolute Gasteiger partial charge is 0.426 e. The van der Waals surface area contributed by atoms with Crippen LogP contribution < -0.4 is 5.32 Å². The maximum atomic E-state index is 12.8. The largest absolute Gasteiger partial charge is 0.462 e. The number of esters is 1. The molecule has 2 aromatic carbocycles. The molecule has 0 radical (unpaired) electrons. The summed E-state index contributed by atoms with van der Waals surface area (Å²) in [7, 11) is 0. The van der Waals surface area contributed by atoms with Crippen molar-refractivity contribution in [2.45, 2.75) is 35.4 Å². The van der Waals surface area contributed by atoms with Crippen LogP contribution in [0.4, 0.5) is 18.9 Å². The van der Waals surface area contributed by atoms with Gasteiger partial charge in [0, 0.05) is 9.79 Å². The first-order chi connectivity index (χ1) is 13.5. The molecule has 5 nitrogen and oxygen atoms in total. The number of hydrogen-bond donors (Lipinski definition) is 2. The highest BCUT2D eigenvalue weighted by Crippen LogP contribution is 2.36. The van der Waals surface area contributed by atoms with Crippen LogP contribution in [0, 0.1) is 0 Å². The van der Waals surface area contributed by atoms with Crippen molar-refractivity contribution in [3.05, 3.63) is 53.1 Å². The monoisotopic (exact) mass is 447 g/mol. The second-order valence-electron chi connectivity index (χ2n) is 5.98. The van der Waals surface area contributed by atoms with E-state index in [9.17, 15) is 27.9 Å². The fraction of sp³-hybridized carbons (Fsp3) is 0.263. The molecular weight excluding hydrogens is 431 g/mol. The van der Waals surface area contributed by atoms with Gasteiger partial charge in [-0.15, -0.1) is 0 Å². The minimum atomic E-state index is -5.14. The molecule has 1 unspecified atom stereocenters. The fourth-order valence-corrected chi connectivity index (χ4v) is 3.36. The van der Waals surface area contributed by atoms with Crippen molar-refractivity contribution in [1.82, 2.24) is 0 Å². The zero-order chi connectivity index (χ0) is 21.8. The topological polar surface area (TPSA) is 75.6 Å². The standard InChI is InChI=1S/C19H17ClF3NO4S/c1-3-28-16(25)12-6-4-5-7-15(12)29-11-8-9-14(13(20)10-11)24-17(26)18(2,27)19(21,22)23/h4-10,27H,3H2,1-2H3,(H,24,26). The van der Waals surface area contributed by atoms with E-state index in [4.69, 9.17) is 16.3 Å². The molecule has 1 atom stereocenters. The first-order valence-corrected chi connectivity index (χ1v) is 9.51. The number of nitrogens with one attached hydrogen (secondary N) is 1. The van der Waals surface area contributed by atoms with Gasteiger partial charge in [0.25, 0.3) is 5.91 Å². The van der Waals surface area contributed by atoms with Crippen LogP contribution in [0.1, 0.15) is 24.2 Å². The van der Waals surface area contributed by atoms with E-state index in [1.807, 2.05) is 5.32 Å². The summed E-state index contributed by atoms with van der Waals surface area (Å²) in [6, 6.07) is 11.0. The van der Waals surface area contributed by atoms with Gasteiger partial charge in [0.2, 0.25) is 5.60 Å². The Kier molecular flexibility index (Phi) is 7.20. The Labute approximate surface area is 174 Å². The Bertz CT molecular complexity index is 919. The van der Waals surface area contributed by atoms with Gasteiger partial charge in [0.05, 0.1) is 22.9 Å². The maximum Gasteiger partial charge on any atom is 0.426 e. The molecular formula is C19H17ClF3NO4S. The second-order valence-corrected chi connectivity index (χ2v) is 7.51. The van der Waals surface area contributed by atoms with Crippen LogP contribution in [0.15, 0.2) is 52.3 Å². The minimum Gasteiger partial charge on any atom is -0.462 e. The number of benzene rings is 2. The van der Waals surface area contributed by atoms with E-state index < -0.39 is 23.7 Å². The van der Waals surface area contributed by atoms with Gasteiger partial charge in [-0.1, -0.05) is 35.5 Å². The summed E-state index contributed by atoms with van der Waals surface area (Å²) in [4.78, 5) is 25.0. The van der Waals surface area contributed by atoms with Gasteiger partial charge < -0.3 is 15.2 Å². The first-order valence-electron chi connectivity index (χ1n) is 8.31. The van der Waals surface area contributed by atoms with Crippen molar-refractivity contribution >= 4 is 40.9 Å². The molecule has 0 saturated carbocycles. The average molecular weight is 448 g/mol. The lowest BCUT2D eigenvalue weighted by molar-refractivity contribution is -0.242. The Morgan fingerprint density at radius 3 is 2.45 bits per heavy atom. The lowest BCUT2D eigenvalue weighted by Crippen LogP contribution is -2.52. The predicted octanol–water partition coefficient (Wildman–Crippen LogP) is 4.92. The van der Waals surface area contributed by atoms with E-state index in [1.165, 1.54) is 30.0 Å². The molecule has 0 aromatic heterocycles. The summed E-state index contributed by atoms with van der Waals surface area (Å²) in [5, 5.41) is 11.4. The summed E-state index contributed by atoms with van der Waals surface area (Å²) in [5.74, 6) is -2.14. The van der Waals surface area contributed by atoms with Gasteiger partial charge in [-0.05, 0) is 44.2 Å². The van der Waals surface area contributed by atoms with Gasteiger partial charge in [0.15, 0.2) is 0 Å². The SMILES string of the molecule is CCOC(=O)c1ccccc1Sc1ccc(NC(=O)C(C)(O)C(F)(F)F)c(Cl)c1. The zero-order valence-corrected chi connectivity index (χ0v) is 16.9. The zero-order valence-electron chi connectivity index (χ0n) is 15.3. The van der Waals surface area contributed by atoms with Crippen LogP contribution in [0.25, 0.3) is 0 Å². The van der Waals surface area contributed by atoms with Crippen molar-refractivity contribution in [2.75, 3.05) is 11.9 Å². The van der Waals surface area contributed by atoms with Crippen LogP contribution >= 0.6 is 23.4 Å². The minimum absolute atomic E-state index is 0.0325. The molecule has 0 spiro atoms. The van der Waals surface area contributed by atoms with Gasteiger partial charge in [-0.25, -0.2) is 4.79 Å². The molecule has 0 heterocycles. The summed E-state index contributed by atoms with van der Waals surface area (Å²) in [6.07, 6.45) is -5.14. The number of rotatable bonds is 6. The van der Waals surface area contributed by atoms with Crippen LogP contribution in [-0.4, -0.2) is 35.4 Å². The molecule has 0 bridgehead atoms. The number of anilines is 1. The highest BCUT2D eigenvalue weighted by atomic mass is 35.5. The molecule has 2 aromatic rings. The third-order valence-corrected chi connectivity index (χ3v) is 5.17. The van der Waals surface area contributed by atoms with Crippen LogP contribution in [0.3, 0.4) is 0 Å². The summed E-state index contributed by atoms with van der Waals surface area (Å²) >= 11 is 7.27. The summed E-state index contributed by atoms with van der Waals surface area (Å²) < 4.78 is 43.3. The predicted molar refractivity (Wildman–Crippen MR) is 103 cm³/mol. The van der Waals surface area contributed by atoms with Crippen molar-refractivity contribution < 1.29 is 32.6 Å². The molecule has 0 fully saturated rings. The van der Waals surface area contributed by atoms with Crippen molar-refractivity contribution in [1.29, 1.82) is 0 Å². The molecule has 0 aliphatic heterocycles. The number of alkyl halides is 3. The van der Waals surface area contributed by atoms with Crippen LogP contribution in [-0.2, 0) is 9.53 Å². The number of amides is 1. The van der Waals surface area contributed by atoms with E-state index in [1.54, 1.807) is 31.2 Å². The second kappa shape index (κ2) is 9.06. The molecule has 29 heavy (non-hydrogen) atoms. The normalized spacial score (nSPS) is 13.5. The average Bonchev–Trinajstić information content (AvgIpc) is 2.63. The van der Waals surface area contributed by atoms with E-state index >= 15 is 0 Å². The Morgan fingerprint density at radius 2 is 1.86 bits per heavy atom. The number of halogens is 4. The molecule has 156 valence electrons. The number of hydrogen-bond acceptors (Lipinski definition) is 5. The molecule has 0 aliphatic carbocycles. The highest BCUT2D eigenvalue weighted by molar-refractivity contribution is 7.99. The third-order valence-electron chi connectivity index (χ3n) is 3.79. The first kappa shape index (κ1) is 23.1. The van der Waals surface area contributed by atoms with Gasteiger partial charge >= 0.3 is 12.1 Å². The Hall–Kier alpha value is -2.23. The Morgan fingerprint density at radius 1 is 1.21 bits per heavy atom. The quantitative estimate of drug-likeness (QED) is 0.615. The molecule has 0 aliphatic rings. The summed E-state index contributed by atoms with van der Waals surface area (Å²) in [5.41, 5.74) is -3.30. The Balaban J connectivity index is 2.21. The number of aliphatic hydroxyl groups is 1. The van der Waals surface area contributed by atoms with Gasteiger partial charge in [-0.3, -0.25) is 4.79 Å². The van der Waals surface area contributed by atoms with E-state index in [0.29, 0.717) is 22.3 Å². The molecule has 0 saturated heterocycles. The number of carbonyl (C=O) groups excluding carboxylic acids is 2. The third kappa shape index (κ3) is 5.43. The van der Waals surface area contributed by atoms with E-state index in [2.05, 4.69) is 0 Å². The fourth-order valence-electron chi connectivity index (χ4n) is 2.09. The van der Waals surface area contributed by atoms with Crippen LogP contribution in [0.2, 0.25) is 5.02 Å². The summed E-state index contributed by atoms with van der Waals surface area (Å²) in [6.45, 7) is 2.27. The van der Waals surface area contributed by atoms with Crippen LogP contribution in [0.5, 0.6) is 0 Å². The molecule has 2 rings (SSSR count). The van der Waals surface area contributed by atoms with Crippen molar-refractivity contribution in [3.8, 4) is 0 Å². The van der Waals surface area contributed by atoms with Crippen molar-refractivity contribution in [2.24, 2.45) is 0 Å². The molecule has 10 heteroatoms. The molecule has 1 amide bonds. The highest BCUT2D eigenvalue weighted by Gasteiger charge is 2.55. The number of ether oxygens (including phenoxy) is 1. The maximum absolute atomic E-state index is 12.8. The van der Waals surface area contributed by atoms with E-state index in [0.717, 1.165) is 0 Å². The lowest BCUT2D eigenvalue weighted by atomic mass is 10.1. The van der Waals surface area contributed by atoms with E-state index in [-0.39, 0.29) is 17.3 Å². The van der Waals surface area contributed by atoms with Gasteiger partial charge in [0.1, 0.15) is 0 Å². The van der Waals surface area contributed by atoms with Crippen molar-refractivity contribution in [3.63, 3.8) is 0 Å².